The molecule has 0 radical (unpaired) electrons. The summed E-state index contributed by atoms with van der Waals surface area (Å²) in [6, 6.07) is 1.11. The molecule has 9 heteroatoms. The van der Waals surface area contributed by atoms with Crippen molar-refractivity contribution >= 4 is 21.6 Å². The van der Waals surface area contributed by atoms with Crippen LogP contribution in [0.3, 0.4) is 0 Å². The number of aromatic nitrogens is 1. The summed E-state index contributed by atoms with van der Waals surface area (Å²) in [5.74, 6) is -0.0524. The first-order valence-electron chi connectivity index (χ1n) is 6.73. The van der Waals surface area contributed by atoms with E-state index in [1.165, 1.54) is 0 Å². The molecule has 22 heavy (non-hydrogen) atoms. The number of hydrogen-bond donors (Lipinski definition) is 2. The Balaban J connectivity index is 2.03. The van der Waals surface area contributed by atoms with Crippen molar-refractivity contribution in [1.29, 1.82) is 0 Å². The van der Waals surface area contributed by atoms with Crippen LogP contribution >= 0.6 is 11.6 Å². The zero-order chi connectivity index (χ0) is 16.6. The zero-order valence-corrected chi connectivity index (χ0v) is 13.6. The Morgan fingerprint density at radius 3 is 2.55 bits per heavy atom. The van der Waals surface area contributed by atoms with Gasteiger partial charge in [-0.05, 0) is 38.7 Å². The molecule has 0 atom stereocenters. The highest BCUT2D eigenvalue weighted by Crippen LogP contribution is 2.38. The second-order valence-electron chi connectivity index (χ2n) is 5.94. The van der Waals surface area contributed by atoms with Gasteiger partial charge >= 0.3 is 0 Å². The van der Waals surface area contributed by atoms with Crippen molar-refractivity contribution in [3.63, 3.8) is 0 Å². The fourth-order valence-electron chi connectivity index (χ4n) is 2.25. The fourth-order valence-corrected chi connectivity index (χ4v) is 3.02. The van der Waals surface area contributed by atoms with E-state index in [9.17, 15) is 17.9 Å². The number of halogens is 2. The van der Waals surface area contributed by atoms with E-state index in [1.807, 2.05) is 0 Å². The Morgan fingerprint density at radius 1 is 1.45 bits per heavy atom. The molecule has 3 N–H and O–H groups in total. The maximum absolute atomic E-state index is 14.6. The number of nitrogens with zero attached hydrogens (tertiary/aromatic N) is 1. The molecule has 0 amide bonds. The summed E-state index contributed by atoms with van der Waals surface area (Å²) in [7, 11) is -3.91. The molecule has 1 fully saturated rings. The predicted octanol–water partition coefficient (Wildman–Crippen LogP) is 1.79. The largest absolute Gasteiger partial charge is 0.473 e. The number of ether oxygens (including phenoxy) is 1. The molecule has 6 nitrogen and oxygen atoms in total. The van der Waals surface area contributed by atoms with Crippen molar-refractivity contribution in [3.8, 4) is 5.88 Å². The van der Waals surface area contributed by atoms with Crippen LogP contribution in [0.1, 0.15) is 32.6 Å². The maximum Gasteiger partial charge on any atom is 0.239 e. The third-order valence-electron chi connectivity index (χ3n) is 3.80. The number of pyridine rings is 1. The number of alkyl halides is 1. The number of primary sulfonamides is 1. The topological polar surface area (TPSA) is 103 Å². The Bertz CT molecular complexity index is 656. The summed E-state index contributed by atoms with van der Waals surface area (Å²) in [4.78, 5) is 3.52. The first-order chi connectivity index (χ1) is 10.0. The summed E-state index contributed by atoms with van der Waals surface area (Å²) in [5, 5.41) is 14.7. The van der Waals surface area contributed by atoms with Gasteiger partial charge in [-0.2, -0.15) is 0 Å². The molecule has 0 unspecified atom stereocenters. The fraction of sp³-hybridized carbons (Fsp3) is 0.615. The summed E-state index contributed by atoms with van der Waals surface area (Å²) in [6.45, 7) is 1.42. The van der Waals surface area contributed by atoms with Gasteiger partial charge in [-0.25, -0.2) is 22.9 Å². The smallest absolute Gasteiger partial charge is 0.239 e. The van der Waals surface area contributed by atoms with Gasteiger partial charge in [-0.3, -0.25) is 0 Å². The van der Waals surface area contributed by atoms with Crippen LogP contribution in [-0.2, 0) is 10.0 Å². The molecular weight excluding hydrogens is 335 g/mol. The van der Waals surface area contributed by atoms with Crippen molar-refractivity contribution in [2.45, 2.75) is 48.8 Å². The van der Waals surface area contributed by atoms with Crippen LogP contribution in [-0.4, -0.2) is 36.4 Å². The molecule has 1 aliphatic carbocycles. The van der Waals surface area contributed by atoms with Crippen molar-refractivity contribution in [1.82, 2.24) is 4.98 Å². The van der Waals surface area contributed by atoms with E-state index < -0.39 is 21.3 Å². The van der Waals surface area contributed by atoms with Gasteiger partial charge in [-0.15, -0.1) is 0 Å². The SMILES string of the molecule is CC1(O)CCC(F)(COc2ncc(S(N)(=O)=O)cc2Cl)CC1. The molecule has 0 saturated heterocycles. The summed E-state index contributed by atoms with van der Waals surface area (Å²) < 4.78 is 42.2. The molecule has 0 aliphatic heterocycles. The molecule has 0 aromatic carbocycles. The lowest BCUT2D eigenvalue weighted by Crippen LogP contribution is -2.42. The number of hydrogen-bond acceptors (Lipinski definition) is 5. The van der Waals surface area contributed by atoms with Gasteiger partial charge in [0, 0.05) is 0 Å². The van der Waals surface area contributed by atoms with Crippen molar-refractivity contribution in [3.05, 3.63) is 17.3 Å². The van der Waals surface area contributed by atoms with E-state index in [0.717, 1.165) is 12.3 Å². The molecule has 2 rings (SSSR count). The number of sulfonamides is 1. The van der Waals surface area contributed by atoms with Gasteiger partial charge in [0.1, 0.15) is 22.2 Å². The van der Waals surface area contributed by atoms with Crippen LogP contribution < -0.4 is 9.88 Å². The zero-order valence-electron chi connectivity index (χ0n) is 12.1. The molecule has 1 aliphatic rings. The molecule has 0 bridgehead atoms. The monoisotopic (exact) mass is 352 g/mol. The van der Waals surface area contributed by atoms with Gasteiger partial charge in [0.15, 0.2) is 0 Å². The van der Waals surface area contributed by atoms with Crippen LogP contribution in [0.4, 0.5) is 4.39 Å². The highest BCUT2D eigenvalue weighted by Gasteiger charge is 2.40. The van der Waals surface area contributed by atoms with Gasteiger partial charge in [0.05, 0.1) is 11.8 Å². The molecule has 0 spiro atoms. The first kappa shape index (κ1) is 17.4. The molecule has 1 saturated carbocycles. The van der Waals surface area contributed by atoms with E-state index in [-0.39, 0.29) is 35.2 Å². The van der Waals surface area contributed by atoms with E-state index in [2.05, 4.69) is 4.98 Å². The average molecular weight is 353 g/mol. The van der Waals surface area contributed by atoms with Crippen LogP contribution in [0.5, 0.6) is 5.88 Å². The maximum atomic E-state index is 14.6. The van der Waals surface area contributed by atoms with Crippen LogP contribution in [0.2, 0.25) is 5.02 Å². The minimum Gasteiger partial charge on any atom is -0.473 e. The summed E-state index contributed by atoms with van der Waals surface area (Å²) in [6.07, 6.45) is 2.05. The van der Waals surface area contributed by atoms with Gasteiger partial charge in [0.2, 0.25) is 15.9 Å². The Labute approximate surface area is 133 Å². The highest BCUT2D eigenvalue weighted by molar-refractivity contribution is 7.89. The molecule has 1 aromatic heterocycles. The molecular formula is C13H18ClFN2O4S. The Hall–Kier alpha value is -0.960. The lowest BCUT2D eigenvalue weighted by atomic mass is 9.78. The lowest BCUT2D eigenvalue weighted by molar-refractivity contribution is -0.0483. The number of rotatable bonds is 4. The molecule has 1 aromatic rings. The third-order valence-corrected chi connectivity index (χ3v) is 4.95. The van der Waals surface area contributed by atoms with E-state index in [0.29, 0.717) is 12.8 Å². The van der Waals surface area contributed by atoms with Crippen LogP contribution in [0.25, 0.3) is 0 Å². The minimum atomic E-state index is -3.91. The number of aliphatic hydroxyl groups is 1. The minimum absolute atomic E-state index is 0.0524. The van der Waals surface area contributed by atoms with Gasteiger partial charge in [0.25, 0.3) is 0 Å². The number of nitrogens with two attached hydrogens (primary N) is 1. The summed E-state index contributed by atoms with van der Waals surface area (Å²) in [5.41, 5.74) is -2.41. The highest BCUT2D eigenvalue weighted by atomic mass is 35.5. The van der Waals surface area contributed by atoms with E-state index >= 15 is 0 Å². The van der Waals surface area contributed by atoms with Gasteiger partial charge < -0.3 is 9.84 Å². The lowest BCUT2D eigenvalue weighted by Gasteiger charge is -2.37. The second-order valence-corrected chi connectivity index (χ2v) is 7.91. The second kappa shape index (κ2) is 5.92. The first-order valence-corrected chi connectivity index (χ1v) is 8.66. The van der Waals surface area contributed by atoms with Crippen molar-refractivity contribution in [2.75, 3.05) is 6.61 Å². The third kappa shape index (κ3) is 4.28. The quantitative estimate of drug-likeness (QED) is 0.860. The van der Waals surface area contributed by atoms with E-state index in [1.54, 1.807) is 6.92 Å². The summed E-state index contributed by atoms with van der Waals surface area (Å²) >= 11 is 5.87. The Kier molecular flexibility index (Phi) is 4.68. The van der Waals surface area contributed by atoms with Crippen LogP contribution in [0.15, 0.2) is 17.2 Å². The molecule has 1 heterocycles. The Morgan fingerprint density at radius 2 is 2.05 bits per heavy atom. The van der Waals surface area contributed by atoms with Crippen LogP contribution in [0, 0.1) is 0 Å². The predicted molar refractivity (Wildman–Crippen MR) is 79.0 cm³/mol. The van der Waals surface area contributed by atoms with Crippen molar-refractivity contribution < 1.29 is 22.7 Å². The van der Waals surface area contributed by atoms with E-state index in [4.69, 9.17) is 21.5 Å². The normalized spacial score (nSPS) is 29.3. The van der Waals surface area contributed by atoms with Gasteiger partial charge in [-0.1, -0.05) is 11.6 Å². The molecule has 124 valence electrons. The average Bonchev–Trinajstić information content (AvgIpc) is 2.40. The van der Waals surface area contributed by atoms with Crippen molar-refractivity contribution in [2.24, 2.45) is 5.14 Å². The standard InChI is InChI=1S/C13H18ClFN2O4S/c1-12(18)2-4-13(15,5-3-12)8-21-11-10(14)6-9(7-17-11)22(16,19)20/h6-7,18H,2-5,8H2,1H3,(H2,16,19,20).